The number of likely N-dealkylation sites (N-methyl/N-ethyl adjacent to an activating group) is 1. The molecule has 0 fully saturated rings. The lowest BCUT2D eigenvalue weighted by atomic mass is 10.0. The Hall–Kier alpha value is -3.51. The van der Waals surface area contributed by atoms with Crippen molar-refractivity contribution in [1.29, 1.82) is 0 Å². The maximum atomic E-state index is 13.4. The predicted molar refractivity (Wildman–Crippen MR) is 120 cm³/mol. The van der Waals surface area contributed by atoms with E-state index in [9.17, 15) is 14.0 Å². The van der Waals surface area contributed by atoms with Gasteiger partial charge >= 0.3 is 0 Å². The smallest absolute Gasteiger partial charge is 0.255 e. The molecule has 160 valence electrons. The Morgan fingerprint density at radius 3 is 2.42 bits per heavy atom. The van der Waals surface area contributed by atoms with Crippen molar-refractivity contribution in [2.24, 2.45) is 0 Å². The summed E-state index contributed by atoms with van der Waals surface area (Å²) in [5.41, 5.74) is 2.59. The number of hydrogen-bond acceptors (Lipinski definition) is 3. The summed E-state index contributed by atoms with van der Waals surface area (Å²) in [6, 6.07) is 22.0. The first kappa shape index (κ1) is 22.2. The van der Waals surface area contributed by atoms with Crippen molar-refractivity contribution >= 4 is 17.5 Å². The second kappa shape index (κ2) is 10.5. The summed E-state index contributed by atoms with van der Waals surface area (Å²) in [5.74, 6) is -0.951. The van der Waals surface area contributed by atoms with E-state index in [-0.39, 0.29) is 17.5 Å². The molecule has 0 saturated carbocycles. The van der Waals surface area contributed by atoms with Crippen LogP contribution in [-0.4, -0.2) is 30.3 Å². The van der Waals surface area contributed by atoms with Crippen LogP contribution in [0.3, 0.4) is 0 Å². The van der Waals surface area contributed by atoms with Crippen molar-refractivity contribution in [3.63, 3.8) is 0 Å². The van der Waals surface area contributed by atoms with Gasteiger partial charge in [0.2, 0.25) is 5.91 Å². The Labute approximate surface area is 181 Å². The van der Waals surface area contributed by atoms with Gasteiger partial charge in [0, 0.05) is 17.8 Å². The fourth-order valence-electron chi connectivity index (χ4n) is 3.30. The van der Waals surface area contributed by atoms with E-state index in [1.807, 2.05) is 55.3 Å². The molecule has 0 heterocycles. The van der Waals surface area contributed by atoms with E-state index in [0.29, 0.717) is 12.2 Å². The highest BCUT2D eigenvalue weighted by Crippen LogP contribution is 2.20. The first-order valence-electron chi connectivity index (χ1n) is 10.2. The number of nitrogens with one attached hydrogen (secondary N) is 2. The molecule has 6 heteroatoms. The Morgan fingerprint density at radius 1 is 0.968 bits per heavy atom. The molecule has 2 amide bonds. The van der Waals surface area contributed by atoms with Crippen LogP contribution in [0.2, 0.25) is 0 Å². The minimum Gasteiger partial charge on any atom is -0.350 e. The van der Waals surface area contributed by atoms with Crippen molar-refractivity contribution in [1.82, 2.24) is 10.2 Å². The number of carbonyl (C=O) groups is 2. The molecule has 31 heavy (non-hydrogen) atoms. The van der Waals surface area contributed by atoms with E-state index in [1.54, 1.807) is 24.3 Å². The van der Waals surface area contributed by atoms with Gasteiger partial charge in [-0.2, -0.15) is 0 Å². The third-order valence-corrected chi connectivity index (χ3v) is 5.04. The minimum absolute atomic E-state index is 0.0928. The number of benzene rings is 3. The van der Waals surface area contributed by atoms with E-state index in [1.165, 1.54) is 18.2 Å². The molecule has 3 rings (SSSR count). The first-order valence-corrected chi connectivity index (χ1v) is 10.2. The summed E-state index contributed by atoms with van der Waals surface area (Å²) < 4.78 is 13.4. The zero-order chi connectivity index (χ0) is 22.2. The van der Waals surface area contributed by atoms with Crippen molar-refractivity contribution in [2.45, 2.75) is 19.5 Å². The van der Waals surface area contributed by atoms with E-state index in [0.717, 1.165) is 17.7 Å². The van der Waals surface area contributed by atoms with Crippen LogP contribution >= 0.6 is 0 Å². The lowest BCUT2D eigenvalue weighted by Gasteiger charge is -2.26. The van der Waals surface area contributed by atoms with Gasteiger partial charge in [0.05, 0.1) is 0 Å². The summed E-state index contributed by atoms with van der Waals surface area (Å²) in [7, 11) is 1.92. The van der Waals surface area contributed by atoms with Crippen LogP contribution in [0.25, 0.3) is 0 Å². The van der Waals surface area contributed by atoms with Gasteiger partial charge in [0.15, 0.2) is 0 Å². The number of nitrogens with zero attached hydrogens (tertiary/aromatic N) is 1. The van der Waals surface area contributed by atoms with Gasteiger partial charge in [-0.3, -0.25) is 14.5 Å². The fraction of sp³-hybridized carbons (Fsp3) is 0.200. The highest BCUT2D eigenvalue weighted by atomic mass is 19.1. The topological polar surface area (TPSA) is 61.4 Å². The Balaban J connectivity index is 1.66. The van der Waals surface area contributed by atoms with Gasteiger partial charge in [-0.25, -0.2) is 4.39 Å². The summed E-state index contributed by atoms with van der Waals surface area (Å²) in [4.78, 5) is 27.3. The molecule has 2 N–H and O–H groups in total. The van der Waals surface area contributed by atoms with Crippen molar-refractivity contribution in [3.8, 4) is 0 Å². The molecular weight excluding hydrogens is 393 g/mol. The lowest BCUT2D eigenvalue weighted by molar-refractivity contribution is -0.126. The third-order valence-electron chi connectivity index (χ3n) is 5.04. The average molecular weight is 420 g/mol. The zero-order valence-corrected chi connectivity index (χ0v) is 17.6. The summed E-state index contributed by atoms with van der Waals surface area (Å²) in [6.45, 7) is 3.06. The largest absolute Gasteiger partial charge is 0.350 e. The summed E-state index contributed by atoms with van der Waals surface area (Å²) in [5, 5.41) is 5.75. The number of hydrogen-bond donors (Lipinski definition) is 2. The second-order valence-corrected chi connectivity index (χ2v) is 7.27. The maximum absolute atomic E-state index is 13.4. The molecule has 3 aromatic rings. The van der Waals surface area contributed by atoms with Gasteiger partial charge in [-0.1, -0.05) is 55.5 Å². The molecule has 0 aliphatic carbocycles. The van der Waals surface area contributed by atoms with Gasteiger partial charge < -0.3 is 10.6 Å². The van der Waals surface area contributed by atoms with Crippen molar-refractivity contribution < 1.29 is 14.0 Å². The Morgan fingerprint density at radius 2 is 1.71 bits per heavy atom. The van der Waals surface area contributed by atoms with Crippen LogP contribution in [0.15, 0.2) is 78.9 Å². The quantitative estimate of drug-likeness (QED) is 0.569. The molecule has 1 unspecified atom stereocenters. The number of rotatable bonds is 8. The van der Waals surface area contributed by atoms with Crippen molar-refractivity contribution in [2.75, 3.05) is 18.9 Å². The Bertz CT molecular complexity index is 1040. The molecular formula is C25H26FN3O2. The van der Waals surface area contributed by atoms with Crippen LogP contribution in [0.1, 0.15) is 34.5 Å². The van der Waals surface area contributed by atoms with E-state index in [4.69, 9.17) is 0 Å². The lowest BCUT2D eigenvalue weighted by Crippen LogP contribution is -2.38. The van der Waals surface area contributed by atoms with Crippen LogP contribution in [-0.2, 0) is 11.3 Å². The number of carbonyl (C=O) groups excluding carboxylic acids is 2. The molecule has 0 aliphatic heterocycles. The van der Waals surface area contributed by atoms with Crippen LogP contribution in [0, 0.1) is 5.82 Å². The molecule has 1 atom stereocenters. The molecule has 0 aromatic heterocycles. The standard InChI is InChI=1S/C25H26FN3O2/c1-3-29(2)23(19-10-5-4-6-11-19)25(31)27-17-18-9-7-14-22(15-18)28-24(30)20-12-8-13-21(26)16-20/h4-16,23H,3,17H2,1-2H3,(H,27,31)(H,28,30). The highest BCUT2D eigenvalue weighted by molar-refractivity contribution is 6.04. The molecule has 0 radical (unpaired) electrons. The van der Waals surface area contributed by atoms with Crippen LogP contribution in [0.4, 0.5) is 10.1 Å². The monoisotopic (exact) mass is 419 g/mol. The first-order chi connectivity index (χ1) is 15.0. The number of amides is 2. The SMILES string of the molecule is CCN(C)C(C(=O)NCc1cccc(NC(=O)c2cccc(F)c2)c1)c1ccccc1. The molecule has 0 saturated heterocycles. The van der Waals surface area contributed by atoms with Gasteiger partial charge in [-0.15, -0.1) is 0 Å². The molecule has 5 nitrogen and oxygen atoms in total. The highest BCUT2D eigenvalue weighted by Gasteiger charge is 2.23. The summed E-state index contributed by atoms with van der Waals surface area (Å²) >= 11 is 0. The second-order valence-electron chi connectivity index (χ2n) is 7.27. The predicted octanol–water partition coefficient (Wildman–Crippen LogP) is 4.39. The number of anilines is 1. The molecule has 0 bridgehead atoms. The third kappa shape index (κ3) is 5.99. The van der Waals surface area contributed by atoms with Crippen molar-refractivity contribution in [3.05, 3.63) is 101 Å². The van der Waals surface area contributed by atoms with E-state index >= 15 is 0 Å². The van der Waals surface area contributed by atoms with E-state index in [2.05, 4.69) is 10.6 Å². The average Bonchev–Trinajstić information content (AvgIpc) is 2.78. The Kier molecular flexibility index (Phi) is 7.51. The van der Waals surface area contributed by atoms with E-state index < -0.39 is 11.7 Å². The zero-order valence-electron chi connectivity index (χ0n) is 17.6. The van der Waals surface area contributed by atoms with Gasteiger partial charge in [0.1, 0.15) is 11.9 Å². The fourth-order valence-corrected chi connectivity index (χ4v) is 3.30. The van der Waals surface area contributed by atoms with Gasteiger partial charge in [-0.05, 0) is 55.1 Å². The summed E-state index contributed by atoms with van der Waals surface area (Å²) in [6.07, 6.45) is 0. The maximum Gasteiger partial charge on any atom is 0.255 e. The van der Waals surface area contributed by atoms with Crippen LogP contribution < -0.4 is 10.6 Å². The molecule has 0 aliphatic rings. The van der Waals surface area contributed by atoms with Crippen LogP contribution in [0.5, 0.6) is 0 Å². The molecule has 3 aromatic carbocycles. The number of halogens is 1. The van der Waals surface area contributed by atoms with Gasteiger partial charge in [0.25, 0.3) is 5.91 Å². The molecule has 0 spiro atoms. The minimum atomic E-state index is -0.464. The normalized spacial score (nSPS) is 11.7.